The summed E-state index contributed by atoms with van der Waals surface area (Å²) in [6.07, 6.45) is 6.60. The molecule has 154 valence electrons. The predicted molar refractivity (Wildman–Crippen MR) is 114 cm³/mol. The molecule has 28 heavy (non-hydrogen) atoms. The summed E-state index contributed by atoms with van der Waals surface area (Å²) in [5, 5.41) is 3.40. The Kier molecular flexibility index (Phi) is 6.83. The summed E-state index contributed by atoms with van der Waals surface area (Å²) in [6, 6.07) is 5.98. The van der Waals surface area contributed by atoms with E-state index < -0.39 is 0 Å². The second-order valence-corrected chi connectivity index (χ2v) is 8.01. The molecule has 2 N–H and O–H groups in total. The first-order valence-corrected chi connectivity index (χ1v) is 10.4. The minimum absolute atomic E-state index is 0. The Morgan fingerprint density at radius 3 is 2.57 bits per heavy atom. The van der Waals surface area contributed by atoms with Gasteiger partial charge in [0.25, 0.3) is 5.91 Å². The van der Waals surface area contributed by atoms with E-state index >= 15 is 0 Å². The van der Waals surface area contributed by atoms with Gasteiger partial charge in [0.05, 0.1) is 11.0 Å². The molecule has 1 amide bonds. The van der Waals surface area contributed by atoms with Gasteiger partial charge < -0.3 is 15.2 Å². The maximum absolute atomic E-state index is 12.9. The third kappa shape index (κ3) is 4.13. The SMILES string of the molecule is CCNCC1CCN(C(=O)c2ccc3c(c2)[nH]c(=O)n3C2CCCC2)CC1.Cl. The van der Waals surface area contributed by atoms with E-state index in [-0.39, 0.29) is 24.0 Å². The summed E-state index contributed by atoms with van der Waals surface area (Å²) < 4.78 is 1.89. The highest BCUT2D eigenvalue weighted by molar-refractivity contribution is 5.97. The molecular formula is C21H31ClN4O2. The van der Waals surface area contributed by atoms with Gasteiger partial charge in [0, 0.05) is 24.7 Å². The van der Waals surface area contributed by atoms with Crippen LogP contribution in [-0.4, -0.2) is 46.5 Å². The van der Waals surface area contributed by atoms with Gasteiger partial charge in [-0.3, -0.25) is 9.36 Å². The zero-order valence-electron chi connectivity index (χ0n) is 16.6. The van der Waals surface area contributed by atoms with Crippen molar-refractivity contribution in [3.8, 4) is 0 Å². The van der Waals surface area contributed by atoms with Crippen molar-refractivity contribution in [2.24, 2.45) is 5.92 Å². The number of halogens is 1. The fourth-order valence-corrected chi connectivity index (χ4v) is 4.66. The number of hydrogen-bond donors (Lipinski definition) is 2. The molecule has 6 nitrogen and oxygen atoms in total. The van der Waals surface area contributed by atoms with Gasteiger partial charge in [-0.1, -0.05) is 19.8 Å². The smallest absolute Gasteiger partial charge is 0.326 e. The monoisotopic (exact) mass is 406 g/mol. The number of hydrogen-bond acceptors (Lipinski definition) is 3. The number of carbonyl (C=O) groups is 1. The molecule has 0 spiro atoms. The van der Waals surface area contributed by atoms with Gasteiger partial charge in [0.1, 0.15) is 0 Å². The largest absolute Gasteiger partial charge is 0.339 e. The number of carbonyl (C=O) groups excluding carboxylic acids is 1. The molecule has 4 rings (SSSR count). The number of aromatic amines is 1. The summed E-state index contributed by atoms with van der Waals surface area (Å²) >= 11 is 0. The number of amides is 1. The van der Waals surface area contributed by atoms with E-state index in [9.17, 15) is 9.59 Å². The Labute approximate surface area is 172 Å². The van der Waals surface area contributed by atoms with Crippen molar-refractivity contribution in [1.29, 1.82) is 0 Å². The first-order chi connectivity index (χ1) is 13.2. The molecule has 2 fully saturated rings. The van der Waals surface area contributed by atoms with E-state index in [0.717, 1.165) is 62.9 Å². The van der Waals surface area contributed by atoms with E-state index in [1.807, 2.05) is 27.7 Å². The molecule has 1 aromatic carbocycles. The van der Waals surface area contributed by atoms with Crippen LogP contribution in [0.4, 0.5) is 0 Å². The Hall–Kier alpha value is -1.79. The molecular weight excluding hydrogens is 376 g/mol. The summed E-state index contributed by atoms with van der Waals surface area (Å²) in [5.74, 6) is 0.738. The van der Waals surface area contributed by atoms with Crippen molar-refractivity contribution in [1.82, 2.24) is 19.8 Å². The Morgan fingerprint density at radius 2 is 1.89 bits per heavy atom. The molecule has 7 heteroatoms. The average Bonchev–Trinajstić information content (AvgIpc) is 3.32. The highest BCUT2D eigenvalue weighted by atomic mass is 35.5. The van der Waals surface area contributed by atoms with Gasteiger partial charge in [-0.05, 0) is 62.9 Å². The Morgan fingerprint density at radius 1 is 1.18 bits per heavy atom. The highest BCUT2D eigenvalue weighted by Gasteiger charge is 2.25. The van der Waals surface area contributed by atoms with Crippen LogP contribution in [0.2, 0.25) is 0 Å². The first kappa shape index (κ1) is 20.9. The highest BCUT2D eigenvalue weighted by Crippen LogP contribution is 2.31. The number of imidazole rings is 1. The summed E-state index contributed by atoms with van der Waals surface area (Å²) in [4.78, 5) is 30.3. The van der Waals surface area contributed by atoms with Gasteiger partial charge in [0.2, 0.25) is 0 Å². The lowest BCUT2D eigenvalue weighted by molar-refractivity contribution is 0.0690. The van der Waals surface area contributed by atoms with Crippen LogP contribution in [0.3, 0.4) is 0 Å². The number of likely N-dealkylation sites (tertiary alicyclic amines) is 1. The zero-order chi connectivity index (χ0) is 18.8. The van der Waals surface area contributed by atoms with Crippen LogP contribution in [0.15, 0.2) is 23.0 Å². The normalized spacial score (nSPS) is 18.5. The van der Waals surface area contributed by atoms with Crippen LogP contribution in [0.1, 0.15) is 61.8 Å². The molecule has 0 unspecified atom stereocenters. The number of fused-ring (bicyclic) bond motifs is 1. The van der Waals surface area contributed by atoms with Gasteiger partial charge in [-0.2, -0.15) is 0 Å². The summed E-state index contributed by atoms with van der Waals surface area (Å²) in [7, 11) is 0. The molecule has 0 radical (unpaired) electrons. The molecule has 0 bridgehead atoms. The van der Waals surface area contributed by atoms with Gasteiger partial charge in [-0.15, -0.1) is 12.4 Å². The molecule has 0 atom stereocenters. The fourth-order valence-electron chi connectivity index (χ4n) is 4.66. The summed E-state index contributed by atoms with van der Waals surface area (Å²) in [6.45, 7) is 5.79. The first-order valence-electron chi connectivity index (χ1n) is 10.4. The number of benzene rings is 1. The van der Waals surface area contributed by atoms with Gasteiger partial charge >= 0.3 is 5.69 Å². The minimum Gasteiger partial charge on any atom is -0.339 e. The second-order valence-electron chi connectivity index (χ2n) is 8.01. The number of nitrogens with zero attached hydrogens (tertiary/aromatic N) is 2. The van der Waals surface area contributed by atoms with Crippen molar-refractivity contribution >= 4 is 29.3 Å². The number of rotatable bonds is 5. The van der Waals surface area contributed by atoms with E-state index in [4.69, 9.17) is 0 Å². The Balaban J connectivity index is 0.00000225. The van der Waals surface area contributed by atoms with Gasteiger partial charge in [-0.25, -0.2) is 4.79 Å². The van der Waals surface area contributed by atoms with Crippen LogP contribution in [-0.2, 0) is 0 Å². The third-order valence-corrected chi connectivity index (χ3v) is 6.24. The van der Waals surface area contributed by atoms with Crippen LogP contribution in [0, 0.1) is 5.92 Å². The Bertz CT molecular complexity index is 861. The maximum atomic E-state index is 12.9. The quantitative estimate of drug-likeness (QED) is 0.800. The lowest BCUT2D eigenvalue weighted by atomic mass is 9.96. The van der Waals surface area contributed by atoms with E-state index in [2.05, 4.69) is 17.2 Å². The number of nitrogens with one attached hydrogen (secondary N) is 2. The predicted octanol–water partition coefficient (Wildman–Crippen LogP) is 3.33. The lowest BCUT2D eigenvalue weighted by Crippen LogP contribution is -2.40. The van der Waals surface area contributed by atoms with Crippen LogP contribution >= 0.6 is 12.4 Å². The zero-order valence-corrected chi connectivity index (χ0v) is 17.4. The average molecular weight is 407 g/mol. The second kappa shape index (κ2) is 9.14. The number of aromatic nitrogens is 2. The molecule has 2 aromatic rings. The fraction of sp³-hybridized carbons (Fsp3) is 0.619. The topological polar surface area (TPSA) is 70.1 Å². The molecule has 1 saturated heterocycles. The number of piperidine rings is 1. The van der Waals surface area contributed by atoms with Crippen molar-refractivity contribution < 1.29 is 4.79 Å². The van der Waals surface area contributed by atoms with E-state index in [1.165, 1.54) is 12.8 Å². The molecule has 2 aliphatic rings. The van der Waals surface area contributed by atoms with Crippen LogP contribution < -0.4 is 11.0 Å². The van der Waals surface area contributed by atoms with Crippen molar-refractivity contribution in [2.45, 2.75) is 51.5 Å². The van der Waals surface area contributed by atoms with Crippen LogP contribution in [0.25, 0.3) is 11.0 Å². The third-order valence-electron chi connectivity index (χ3n) is 6.24. The molecule has 1 aliphatic heterocycles. The molecule has 1 aromatic heterocycles. The van der Waals surface area contributed by atoms with E-state index in [1.54, 1.807) is 0 Å². The molecule has 1 saturated carbocycles. The molecule has 1 aliphatic carbocycles. The van der Waals surface area contributed by atoms with E-state index in [0.29, 0.717) is 17.5 Å². The minimum atomic E-state index is -0.0502. The van der Waals surface area contributed by atoms with Crippen molar-refractivity contribution in [2.75, 3.05) is 26.2 Å². The standard InChI is InChI=1S/C21H30N4O2.ClH/c1-2-22-14-15-9-11-24(12-10-15)20(26)16-7-8-19-18(13-16)23-21(27)25(19)17-5-3-4-6-17;/h7-8,13,15,17,22H,2-6,9-12,14H2,1H3,(H,23,27);1H. The lowest BCUT2D eigenvalue weighted by Gasteiger charge is -2.32. The van der Waals surface area contributed by atoms with Crippen molar-refractivity contribution in [3.05, 3.63) is 34.2 Å². The van der Waals surface area contributed by atoms with Gasteiger partial charge in [0.15, 0.2) is 0 Å². The summed E-state index contributed by atoms with van der Waals surface area (Å²) in [5.41, 5.74) is 2.32. The maximum Gasteiger partial charge on any atom is 0.326 e. The van der Waals surface area contributed by atoms with Crippen LogP contribution in [0.5, 0.6) is 0 Å². The molecule has 2 heterocycles. The number of H-pyrrole nitrogens is 1. The van der Waals surface area contributed by atoms with Crippen molar-refractivity contribution in [3.63, 3.8) is 0 Å².